The van der Waals surface area contributed by atoms with E-state index in [0.717, 1.165) is 0 Å². The first-order valence-corrected chi connectivity index (χ1v) is 8.58. The molecule has 0 aromatic heterocycles. The summed E-state index contributed by atoms with van der Waals surface area (Å²) in [6.45, 7) is 0.142. The normalized spacial score (nSPS) is 13.4. The number of carboxylic acid groups (broad SMARTS) is 2. The molecule has 0 aromatic carbocycles. The van der Waals surface area contributed by atoms with Gasteiger partial charge in [-0.1, -0.05) is 0 Å². The molecule has 29 heavy (non-hydrogen) atoms. The highest BCUT2D eigenvalue weighted by Gasteiger charge is 2.28. The Balaban J connectivity index is 5.07. The smallest absolute Gasteiger partial charge is 0.326 e. The van der Waals surface area contributed by atoms with Crippen LogP contribution in [0.1, 0.15) is 32.1 Å². The highest BCUT2D eigenvalue weighted by Crippen LogP contribution is 2.04. The molecule has 0 aliphatic heterocycles. The third-order valence-electron chi connectivity index (χ3n) is 3.60. The number of carbonyl (C=O) groups is 5. The van der Waals surface area contributed by atoms with E-state index in [1.165, 1.54) is 0 Å². The number of amides is 3. The zero-order valence-electron chi connectivity index (χ0n) is 15.7. The second kappa shape index (κ2) is 12.9. The standard InChI is InChI=1S/C15H27N7O7/c16-7(6-10(17)23)12(26)21-8(3-4-11(24)25)13(27)22-9(14(28)29)2-1-5-20-15(18)19/h7-9H,1-6,16H2,(H2,17,23)(H,21,26)(H,22,27)(H,24,25)(H,28,29)(H4,18,19,20). The number of hydrogen-bond acceptors (Lipinski definition) is 7. The van der Waals surface area contributed by atoms with Gasteiger partial charge in [0.25, 0.3) is 0 Å². The number of nitrogens with zero attached hydrogens (tertiary/aromatic N) is 1. The van der Waals surface area contributed by atoms with E-state index in [2.05, 4.69) is 15.6 Å². The number of rotatable bonds is 14. The molecular weight excluding hydrogens is 390 g/mol. The lowest BCUT2D eigenvalue weighted by Crippen LogP contribution is -2.55. The summed E-state index contributed by atoms with van der Waals surface area (Å²) in [5.74, 6) is -5.40. The Morgan fingerprint density at radius 2 is 1.48 bits per heavy atom. The van der Waals surface area contributed by atoms with Crippen LogP contribution in [0.5, 0.6) is 0 Å². The summed E-state index contributed by atoms with van der Waals surface area (Å²) in [7, 11) is 0. The molecular formula is C15H27N7O7. The monoisotopic (exact) mass is 417 g/mol. The molecule has 164 valence electrons. The summed E-state index contributed by atoms with van der Waals surface area (Å²) in [5, 5.41) is 22.5. The van der Waals surface area contributed by atoms with Gasteiger partial charge in [-0.25, -0.2) is 4.79 Å². The molecule has 0 saturated carbocycles. The van der Waals surface area contributed by atoms with Crippen LogP contribution >= 0.6 is 0 Å². The third kappa shape index (κ3) is 11.8. The number of carbonyl (C=O) groups excluding carboxylic acids is 3. The number of aliphatic carboxylic acids is 2. The van der Waals surface area contributed by atoms with Gasteiger partial charge in [0.05, 0.1) is 12.5 Å². The Bertz CT molecular complexity index is 649. The predicted octanol–water partition coefficient (Wildman–Crippen LogP) is -3.84. The van der Waals surface area contributed by atoms with Gasteiger partial charge in [0.15, 0.2) is 5.96 Å². The molecule has 0 heterocycles. The Hall–Kier alpha value is -3.42. The first-order chi connectivity index (χ1) is 13.4. The van der Waals surface area contributed by atoms with Crippen molar-refractivity contribution in [1.29, 1.82) is 0 Å². The van der Waals surface area contributed by atoms with Crippen molar-refractivity contribution in [1.82, 2.24) is 10.6 Å². The van der Waals surface area contributed by atoms with Crippen LogP contribution in [0.2, 0.25) is 0 Å². The molecule has 0 fully saturated rings. The molecule has 0 radical (unpaired) electrons. The molecule has 0 rings (SSSR count). The average molecular weight is 417 g/mol. The van der Waals surface area contributed by atoms with Crippen molar-refractivity contribution in [2.75, 3.05) is 6.54 Å². The minimum atomic E-state index is -1.38. The van der Waals surface area contributed by atoms with E-state index in [1.807, 2.05) is 0 Å². The molecule has 3 unspecified atom stereocenters. The molecule has 3 atom stereocenters. The second-order valence-electron chi connectivity index (χ2n) is 6.12. The molecule has 14 heteroatoms. The number of aliphatic imine (C=N–C) groups is 1. The second-order valence-corrected chi connectivity index (χ2v) is 6.12. The van der Waals surface area contributed by atoms with Gasteiger partial charge in [-0.2, -0.15) is 0 Å². The van der Waals surface area contributed by atoms with Gasteiger partial charge in [-0.05, 0) is 19.3 Å². The van der Waals surface area contributed by atoms with Crippen LogP contribution in [0.4, 0.5) is 0 Å². The van der Waals surface area contributed by atoms with E-state index in [0.29, 0.717) is 0 Å². The third-order valence-corrected chi connectivity index (χ3v) is 3.60. The zero-order valence-corrected chi connectivity index (χ0v) is 15.7. The summed E-state index contributed by atoms with van der Waals surface area (Å²) in [5.41, 5.74) is 20.8. The van der Waals surface area contributed by atoms with E-state index >= 15 is 0 Å². The number of hydrogen-bond donors (Lipinski definition) is 8. The summed E-state index contributed by atoms with van der Waals surface area (Å²) in [6, 6.07) is -4.04. The Kier molecular flexibility index (Phi) is 11.4. The molecule has 3 amide bonds. The number of carboxylic acids is 2. The van der Waals surface area contributed by atoms with Gasteiger partial charge in [0, 0.05) is 13.0 Å². The van der Waals surface area contributed by atoms with Crippen molar-refractivity contribution in [3.05, 3.63) is 0 Å². The van der Waals surface area contributed by atoms with Crippen molar-refractivity contribution < 1.29 is 34.2 Å². The Labute approximate surface area is 166 Å². The highest BCUT2D eigenvalue weighted by molar-refractivity contribution is 5.93. The fraction of sp³-hybridized carbons (Fsp3) is 0.600. The molecule has 0 aromatic rings. The maximum Gasteiger partial charge on any atom is 0.326 e. The SMILES string of the molecule is NC(=O)CC(N)C(=O)NC(CCC(=O)O)C(=O)NC(CCCN=C(N)N)C(=O)O. The van der Waals surface area contributed by atoms with E-state index in [9.17, 15) is 29.1 Å². The van der Waals surface area contributed by atoms with Crippen LogP contribution in [0, 0.1) is 0 Å². The van der Waals surface area contributed by atoms with Crippen molar-refractivity contribution in [3.63, 3.8) is 0 Å². The first kappa shape index (κ1) is 25.6. The number of nitrogens with two attached hydrogens (primary N) is 4. The van der Waals surface area contributed by atoms with Gasteiger partial charge in [0.1, 0.15) is 12.1 Å². The topological polar surface area (TPSA) is 266 Å². The lowest BCUT2D eigenvalue weighted by atomic mass is 10.1. The highest BCUT2D eigenvalue weighted by atomic mass is 16.4. The van der Waals surface area contributed by atoms with Gasteiger partial charge >= 0.3 is 11.9 Å². The number of primary amides is 1. The minimum absolute atomic E-state index is 0.0152. The molecule has 12 N–H and O–H groups in total. The average Bonchev–Trinajstić information content (AvgIpc) is 2.59. The quantitative estimate of drug-likeness (QED) is 0.0774. The fourth-order valence-electron chi connectivity index (χ4n) is 2.16. The zero-order chi connectivity index (χ0) is 22.6. The molecule has 0 aliphatic rings. The predicted molar refractivity (Wildman–Crippen MR) is 100 cm³/mol. The molecule has 0 spiro atoms. The molecule has 0 aliphatic carbocycles. The lowest BCUT2D eigenvalue weighted by molar-refractivity contribution is -0.143. The maximum atomic E-state index is 12.4. The largest absolute Gasteiger partial charge is 0.481 e. The van der Waals surface area contributed by atoms with E-state index in [4.69, 9.17) is 28.0 Å². The maximum absolute atomic E-state index is 12.4. The van der Waals surface area contributed by atoms with Crippen molar-refractivity contribution in [2.24, 2.45) is 27.9 Å². The van der Waals surface area contributed by atoms with Gasteiger partial charge in [0.2, 0.25) is 17.7 Å². The van der Waals surface area contributed by atoms with Crippen LogP contribution in [-0.2, 0) is 24.0 Å². The van der Waals surface area contributed by atoms with E-state index < -0.39 is 60.6 Å². The van der Waals surface area contributed by atoms with Crippen LogP contribution in [-0.4, -0.2) is 70.5 Å². The Morgan fingerprint density at radius 1 is 0.897 bits per heavy atom. The molecule has 0 saturated heterocycles. The lowest BCUT2D eigenvalue weighted by Gasteiger charge is -2.22. The fourth-order valence-corrected chi connectivity index (χ4v) is 2.16. The van der Waals surface area contributed by atoms with E-state index in [-0.39, 0.29) is 31.8 Å². The summed E-state index contributed by atoms with van der Waals surface area (Å²) in [6.07, 6.45) is -1.06. The number of guanidine groups is 1. The van der Waals surface area contributed by atoms with Crippen molar-refractivity contribution >= 4 is 35.6 Å². The summed E-state index contributed by atoms with van der Waals surface area (Å²) >= 11 is 0. The summed E-state index contributed by atoms with van der Waals surface area (Å²) in [4.78, 5) is 61.1. The van der Waals surface area contributed by atoms with Crippen LogP contribution in [0.15, 0.2) is 4.99 Å². The van der Waals surface area contributed by atoms with Crippen molar-refractivity contribution in [2.45, 2.75) is 50.2 Å². The Morgan fingerprint density at radius 3 is 1.97 bits per heavy atom. The molecule has 0 bridgehead atoms. The first-order valence-electron chi connectivity index (χ1n) is 8.58. The van der Waals surface area contributed by atoms with Gasteiger partial charge in [-0.15, -0.1) is 0 Å². The van der Waals surface area contributed by atoms with Crippen LogP contribution < -0.4 is 33.6 Å². The number of nitrogens with one attached hydrogen (secondary N) is 2. The van der Waals surface area contributed by atoms with Crippen molar-refractivity contribution in [3.8, 4) is 0 Å². The van der Waals surface area contributed by atoms with Crippen LogP contribution in [0.3, 0.4) is 0 Å². The van der Waals surface area contributed by atoms with Gasteiger partial charge < -0.3 is 43.8 Å². The minimum Gasteiger partial charge on any atom is -0.481 e. The van der Waals surface area contributed by atoms with Crippen LogP contribution in [0.25, 0.3) is 0 Å². The van der Waals surface area contributed by atoms with Gasteiger partial charge in [-0.3, -0.25) is 24.2 Å². The molecule has 14 nitrogen and oxygen atoms in total. The summed E-state index contributed by atoms with van der Waals surface area (Å²) < 4.78 is 0. The van der Waals surface area contributed by atoms with E-state index in [1.54, 1.807) is 0 Å².